The standard InChI is InChI=1S/C15H15ClN4/c16-14-13-11-7-10(9-3-5-17-6-4-9)1-2-12(11)20-15(13)19-8-18-14/h1-2,7-9,17H,3-6H2,(H,18,19,20). The number of benzene rings is 1. The van der Waals surface area contributed by atoms with Crippen molar-refractivity contribution < 1.29 is 0 Å². The first-order chi connectivity index (χ1) is 9.83. The third kappa shape index (κ3) is 1.87. The zero-order chi connectivity index (χ0) is 13.5. The number of hydrogen-bond acceptors (Lipinski definition) is 3. The minimum Gasteiger partial charge on any atom is -0.339 e. The average Bonchev–Trinajstić information content (AvgIpc) is 2.87. The fraction of sp³-hybridized carbons (Fsp3) is 0.333. The van der Waals surface area contributed by atoms with Crippen molar-refractivity contribution in [3.8, 4) is 0 Å². The zero-order valence-electron chi connectivity index (χ0n) is 11.0. The molecule has 4 nitrogen and oxygen atoms in total. The quantitative estimate of drug-likeness (QED) is 0.675. The Hall–Kier alpha value is -1.65. The second-order valence-electron chi connectivity index (χ2n) is 5.34. The molecule has 20 heavy (non-hydrogen) atoms. The molecular formula is C15H15ClN4. The first kappa shape index (κ1) is 12.1. The highest BCUT2D eigenvalue weighted by atomic mass is 35.5. The molecule has 2 aromatic heterocycles. The van der Waals surface area contributed by atoms with Gasteiger partial charge < -0.3 is 10.3 Å². The number of nitrogens with one attached hydrogen (secondary N) is 2. The van der Waals surface area contributed by atoms with E-state index in [0.29, 0.717) is 11.1 Å². The summed E-state index contributed by atoms with van der Waals surface area (Å²) >= 11 is 6.23. The maximum absolute atomic E-state index is 6.23. The predicted molar refractivity (Wildman–Crippen MR) is 81.2 cm³/mol. The molecule has 3 aromatic rings. The van der Waals surface area contributed by atoms with E-state index in [1.165, 1.54) is 24.7 Å². The minimum absolute atomic E-state index is 0.517. The lowest BCUT2D eigenvalue weighted by Crippen LogP contribution is -2.26. The molecule has 1 aliphatic heterocycles. The minimum atomic E-state index is 0.517. The van der Waals surface area contributed by atoms with Crippen LogP contribution in [-0.2, 0) is 0 Å². The lowest BCUT2D eigenvalue weighted by Gasteiger charge is -2.23. The monoisotopic (exact) mass is 286 g/mol. The van der Waals surface area contributed by atoms with Crippen molar-refractivity contribution in [3.05, 3.63) is 35.2 Å². The summed E-state index contributed by atoms with van der Waals surface area (Å²) in [6.45, 7) is 2.20. The average molecular weight is 287 g/mol. The van der Waals surface area contributed by atoms with E-state index in [1.807, 2.05) is 0 Å². The van der Waals surface area contributed by atoms with Crippen molar-refractivity contribution in [2.24, 2.45) is 0 Å². The molecule has 5 heteroatoms. The molecule has 0 unspecified atom stereocenters. The SMILES string of the molecule is Clc1ncnc2[nH]c3ccc(C4CCNCC4)cc3c12. The summed E-state index contributed by atoms with van der Waals surface area (Å²) in [7, 11) is 0. The second kappa shape index (κ2) is 4.72. The van der Waals surface area contributed by atoms with Crippen LogP contribution >= 0.6 is 11.6 Å². The summed E-state index contributed by atoms with van der Waals surface area (Å²) in [5, 5.41) is 5.98. The van der Waals surface area contributed by atoms with Crippen LogP contribution in [0.25, 0.3) is 21.9 Å². The van der Waals surface area contributed by atoms with Crippen molar-refractivity contribution in [2.45, 2.75) is 18.8 Å². The number of halogens is 1. The third-order valence-corrected chi connectivity index (χ3v) is 4.46. The number of rotatable bonds is 1. The van der Waals surface area contributed by atoms with Crippen LogP contribution < -0.4 is 5.32 Å². The third-order valence-electron chi connectivity index (χ3n) is 4.18. The summed E-state index contributed by atoms with van der Waals surface area (Å²) in [5.74, 6) is 0.633. The second-order valence-corrected chi connectivity index (χ2v) is 5.70. The summed E-state index contributed by atoms with van der Waals surface area (Å²) in [6, 6.07) is 6.60. The Balaban J connectivity index is 1.91. The Morgan fingerprint density at radius 2 is 2.00 bits per heavy atom. The maximum atomic E-state index is 6.23. The maximum Gasteiger partial charge on any atom is 0.143 e. The highest BCUT2D eigenvalue weighted by Gasteiger charge is 2.17. The Morgan fingerprint density at radius 1 is 1.15 bits per heavy atom. The molecule has 1 aliphatic rings. The van der Waals surface area contributed by atoms with Gasteiger partial charge in [-0.15, -0.1) is 0 Å². The van der Waals surface area contributed by atoms with Crippen molar-refractivity contribution >= 4 is 33.5 Å². The number of nitrogens with zero attached hydrogens (tertiary/aromatic N) is 2. The summed E-state index contributed by atoms with van der Waals surface area (Å²) in [5.41, 5.74) is 3.27. The summed E-state index contributed by atoms with van der Waals surface area (Å²) < 4.78 is 0. The lowest BCUT2D eigenvalue weighted by molar-refractivity contribution is 0.460. The van der Waals surface area contributed by atoms with Crippen molar-refractivity contribution in [3.63, 3.8) is 0 Å². The van der Waals surface area contributed by atoms with Crippen molar-refractivity contribution in [1.82, 2.24) is 20.3 Å². The number of piperidine rings is 1. The molecule has 2 N–H and O–H groups in total. The van der Waals surface area contributed by atoms with Gasteiger partial charge in [-0.1, -0.05) is 17.7 Å². The molecule has 0 saturated carbocycles. The van der Waals surface area contributed by atoms with Crippen LogP contribution in [0.2, 0.25) is 5.15 Å². The van der Waals surface area contributed by atoms with Crippen molar-refractivity contribution in [1.29, 1.82) is 0 Å². The van der Waals surface area contributed by atoms with E-state index in [4.69, 9.17) is 11.6 Å². The fourth-order valence-electron chi connectivity index (χ4n) is 3.11. The molecule has 0 aliphatic carbocycles. The van der Waals surface area contributed by atoms with Gasteiger partial charge in [-0.2, -0.15) is 0 Å². The van der Waals surface area contributed by atoms with E-state index in [2.05, 4.69) is 38.5 Å². The van der Waals surface area contributed by atoms with Gasteiger partial charge in [-0.05, 0) is 49.5 Å². The van der Waals surface area contributed by atoms with Gasteiger partial charge in [0.15, 0.2) is 0 Å². The number of fused-ring (bicyclic) bond motifs is 3. The Labute approximate surface area is 121 Å². The fourth-order valence-corrected chi connectivity index (χ4v) is 3.35. The van der Waals surface area contributed by atoms with Crippen LogP contribution in [0.1, 0.15) is 24.3 Å². The number of aromatic amines is 1. The molecule has 102 valence electrons. The van der Waals surface area contributed by atoms with E-state index < -0.39 is 0 Å². The summed E-state index contributed by atoms with van der Waals surface area (Å²) in [6.07, 6.45) is 3.88. The molecular weight excluding hydrogens is 272 g/mol. The number of H-pyrrole nitrogens is 1. The molecule has 0 spiro atoms. The highest BCUT2D eigenvalue weighted by Crippen LogP contribution is 2.33. The smallest absolute Gasteiger partial charge is 0.143 e. The Kier molecular flexibility index (Phi) is 2.86. The van der Waals surface area contributed by atoms with Crippen LogP contribution in [0.4, 0.5) is 0 Å². The van der Waals surface area contributed by atoms with Crippen LogP contribution in [-0.4, -0.2) is 28.0 Å². The number of aromatic nitrogens is 3. The van der Waals surface area contributed by atoms with Gasteiger partial charge in [0.25, 0.3) is 0 Å². The lowest BCUT2D eigenvalue weighted by atomic mass is 9.89. The van der Waals surface area contributed by atoms with Crippen LogP contribution in [0.5, 0.6) is 0 Å². The van der Waals surface area contributed by atoms with Gasteiger partial charge in [-0.25, -0.2) is 9.97 Å². The molecule has 3 heterocycles. The molecule has 1 fully saturated rings. The van der Waals surface area contributed by atoms with E-state index in [0.717, 1.165) is 35.0 Å². The predicted octanol–water partition coefficient (Wildman–Crippen LogP) is 3.23. The van der Waals surface area contributed by atoms with E-state index in [9.17, 15) is 0 Å². The van der Waals surface area contributed by atoms with Gasteiger partial charge >= 0.3 is 0 Å². The van der Waals surface area contributed by atoms with Gasteiger partial charge in [0, 0.05) is 10.9 Å². The molecule has 0 bridgehead atoms. The molecule has 1 aromatic carbocycles. The van der Waals surface area contributed by atoms with Crippen LogP contribution in [0, 0.1) is 0 Å². The molecule has 0 radical (unpaired) electrons. The normalized spacial score (nSPS) is 17.1. The first-order valence-corrected chi connectivity index (χ1v) is 7.33. The van der Waals surface area contributed by atoms with E-state index >= 15 is 0 Å². The van der Waals surface area contributed by atoms with Gasteiger partial charge in [0.05, 0.1) is 5.39 Å². The van der Waals surface area contributed by atoms with Gasteiger partial charge in [-0.3, -0.25) is 0 Å². The number of hydrogen-bond donors (Lipinski definition) is 2. The van der Waals surface area contributed by atoms with Gasteiger partial charge in [0.2, 0.25) is 0 Å². The van der Waals surface area contributed by atoms with E-state index in [1.54, 1.807) is 0 Å². The highest BCUT2D eigenvalue weighted by molar-refractivity contribution is 6.36. The summed E-state index contributed by atoms with van der Waals surface area (Å²) in [4.78, 5) is 11.7. The molecule has 1 saturated heterocycles. The Morgan fingerprint density at radius 3 is 2.85 bits per heavy atom. The molecule has 0 amide bonds. The topological polar surface area (TPSA) is 53.6 Å². The van der Waals surface area contributed by atoms with Gasteiger partial charge in [0.1, 0.15) is 17.1 Å². The van der Waals surface area contributed by atoms with E-state index in [-0.39, 0.29) is 0 Å². The van der Waals surface area contributed by atoms with Crippen molar-refractivity contribution in [2.75, 3.05) is 13.1 Å². The first-order valence-electron chi connectivity index (χ1n) is 6.95. The largest absolute Gasteiger partial charge is 0.339 e. The Bertz CT molecular complexity index is 774. The molecule has 4 rings (SSSR count). The van der Waals surface area contributed by atoms with Crippen LogP contribution in [0.15, 0.2) is 24.5 Å². The zero-order valence-corrected chi connectivity index (χ0v) is 11.7. The molecule has 0 atom stereocenters. The van der Waals surface area contributed by atoms with Crippen LogP contribution in [0.3, 0.4) is 0 Å².